The highest BCUT2D eigenvalue weighted by molar-refractivity contribution is 6.08. The number of alkyl halides is 9. The van der Waals surface area contributed by atoms with Crippen LogP contribution in [0.25, 0.3) is 0 Å². The van der Waals surface area contributed by atoms with Crippen molar-refractivity contribution in [1.82, 2.24) is 0 Å². The van der Waals surface area contributed by atoms with Gasteiger partial charge in [0.2, 0.25) is 0 Å². The molecule has 0 aliphatic rings. The smallest absolute Gasteiger partial charge is 0.166 e. The molecule has 0 atom stereocenters. The summed E-state index contributed by atoms with van der Waals surface area (Å²) in [4.78, 5) is 0. The molecule has 0 amide bonds. The predicted octanol–water partition coefficient (Wildman–Crippen LogP) is 3.88. The van der Waals surface area contributed by atoms with Crippen molar-refractivity contribution in [3.8, 4) is 0 Å². The molecule has 0 aliphatic carbocycles. The topological polar surface area (TPSA) is 0 Å². The van der Waals surface area contributed by atoms with Crippen LogP contribution in [0.15, 0.2) is 12.1 Å². The van der Waals surface area contributed by atoms with Crippen molar-refractivity contribution in [3.63, 3.8) is 0 Å². The third kappa shape index (κ3) is 3.40. The zero-order chi connectivity index (χ0) is 15.9. The van der Waals surface area contributed by atoms with E-state index in [1.54, 1.807) is 0 Å². The summed E-state index contributed by atoms with van der Waals surface area (Å²) in [6.45, 7) is 0. The first kappa shape index (κ1) is 16.7. The van der Waals surface area contributed by atoms with Crippen LogP contribution in [-0.4, -0.2) is 7.85 Å². The van der Waals surface area contributed by atoms with Crippen molar-refractivity contribution in [2.24, 2.45) is 0 Å². The van der Waals surface area contributed by atoms with Gasteiger partial charge in [0.1, 0.15) is 7.85 Å². The number of rotatable bonds is 1. The molecule has 20 heavy (non-hydrogen) atoms. The van der Waals surface area contributed by atoms with E-state index < -0.39 is 40.8 Å². The highest BCUT2D eigenvalue weighted by Crippen LogP contribution is 2.47. The van der Waals surface area contributed by atoms with Gasteiger partial charge in [0.05, 0.1) is 16.7 Å². The predicted molar refractivity (Wildman–Crippen MR) is 53.7 cm³/mol. The van der Waals surface area contributed by atoms with E-state index >= 15 is 0 Å². The average Bonchev–Trinajstić information content (AvgIpc) is 2.23. The summed E-state index contributed by atoms with van der Waals surface area (Å²) >= 11 is 0. The SMILES string of the molecule is BCc1cc(C(F)(F)F)c(C(F)(F)F)c(C(F)(F)F)c1. The van der Waals surface area contributed by atoms with Crippen LogP contribution < -0.4 is 0 Å². The largest absolute Gasteiger partial charge is 0.417 e. The molecule has 1 aromatic carbocycles. The number of benzene rings is 1. The minimum atomic E-state index is -5.76. The average molecular weight is 308 g/mol. The van der Waals surface area contributed by atoms with Gasteiger partial charge in [-0.05, 0) is 12.1 Å². The highest BCUT2D eigenvalue weighted by Gasteiger charge is 2.50. The first-order valence-corrected chi connectivity index (χ1v) is 5.17. The second-order valence-corrected chi connectivity index (χ2v) is 3.91. The summed E-state index contributed by atoms with van der Waals surface area (Å²) in [5.74, 6) is 0. The van der Waals surface area contributed by atoms with Gasteiger partial charge in [-0.2, -0.15) is 39.5 Å². The molecule has 112 valence electrons. The minimum Gasteiger partial charge on any atom is -0.166 e. The standard InChI is InChI=1S/C10H6BF9/c11-3-4-1-5(8(12,13)14)7(10(18,19)20)6(2-4)9(15,16)17/h1-2H,3,11H2. The van der Waals surface area contributed by atoms with Crippen molar-refractivity contribution >= 4 is 7.85 Å². The first-order valence-electron chi connectivity index (χ1n) is 5.17. The molecule has 0 nitrogen and oxygen atoms in total. The molecule has 0 bridgehead atoms. The van der Waals surface area contributed by atoms with Gasteiger partial charge in [-0.25, -0.2) is 0 Å². The van der Waals surface area contributed by atoms with Crippen LogP contribution in [0, 0.1) is 0 Å². The van der Waals surface area contributed by atoms with Gasteiger partial charge in [0.15, 0.2) is 0 Å². The Balaban J connectivity index is 3.83. The summed E-state index contributed by atoms with van der Waals surface area (Å²) in [5.41, 5.74) is -7.82. The Labute approximate surface area is 108 Å². The lowest BCUT2D eigenvalue weighted by atomic mass is 9.90. The van der Waals surface area contributed by atoms with Gasteiger partial charge in [0.25, 0.3) is 0 Å². The minimum absolute atomic E-state index is 0.0953. The van der Waals surface area contributed by atoms with Crippen LogP contribution >= 0.6 is 0 Å². The molecular formula is C10H6BF9. The molecule has 0 aliphatic heterocycles. The van der Waals surface area contributed by atoms with Crippen LogP contribution in [0.4, 0.5) is 39.5 Å². The number of hydrogen-bond acceptors (Lipinski definition) is 0. The van der Waals surface area contributed by atoms with Gasteiger partial charge >= 0.3 is 18.5 Å². The summed E-state index contributed by atoms with van der Waals surface area (Å²) in [7, 11) is 1.24. The molecule has 0 saturated heterocycles. The van der Waals surface area contributed by atoms with E-state index in [-0.39, 0.29) is 18.5 Å². The van der Waals surface area contributed by atoms with Gasteiger partial charge in [0, 0.05) is 0 Å². The molecule has 0 aromatic heterocycles. The summed E-state index contributed by atoms with van der Waals surface area (Å²) in [6, 6.07) is 0.191. The molecule has 1 aromatic rings. The van der Waals surface area contributed by atoms with Crippen LogP contribution in [0.2, 0.25) is 0 Å². The summed E-state index contributed by atoms with van der Waals surface area (Å²) < 4.78 is 113. The van der Waals surface area contributed by atoms with Gasteiger partial charge in [-0.15, -0.1) is 0 Å². The molecule has 0 fully saturated rings. The normalized spacial score (nSPS) is 13.7. The Morgan fingerprint density at radius 2 is 1.05 bits per heavy atom. The molecule has 0 unspecified atom stereocenters. The summed E-state index contributed by atoms with van der Waals surface area (Å²) in [5, 5.41) is 0. The molecule has 10 heteroatoms. The van der Waals surface area contributed by atoms with Crippen molar-refractivity contribution in [3.05, 3.63) is 34.4 Å². The Kier molecular flexibility index (Phi) is 4.08. The van der Waals surface area contributed by atoms with E-state index in [0.717, 1.165) is 0 Å². The number of hydrogen-bond donors (Lipinski definition) is 0. The fourth-order valence-electron chi connectivity index (χ4n) is 1.66. The highest BCUT2D eigenvalue weighted by atomic mass is 19.4. The maximum absolute atomic E-state index is 12.6. The van der Waals surface area contributed by atoms with E-state index in [4.69, 9.17) is 0 Å². The fraction of sp³-hybridized carbons (Fsp3) is 0.400. The summed E-state index contributed by atoms with van der Waals surface area (Å²) in [6.07, 6.45) is -17.1. The first-order chi connectivity index (χ1) is 8.78. The Bertz CT molecular complexity index is 460. The van der Waals surface area contributed by atoms with E-state index in [9.17, 15) is 39.5 Å². The molecule has 1 rings (SSSR count). The van der Waals surface area contributed by atoms with Crippen LogP contribution in [0.1, 0.15) is 22.3 Å². The maximum atomic E-state index is 12.6. The van der Waals surface area contributed by atoms with E-state index in [1.165, 1.54) is 7.85 Å². The Hall–Kier alpha value is -1.35. The molecular weight excluding hydrogens is 302 g/mol. The molecule has 0 N–H and O–H groups in total. The third-order valence-corrected chi connectivity index (χ3v) is 2.50. The lowest BCUT2D eigenvalue weighted by Gasteiger charge is -2.21. The molecule has 0 saturated carbocycles. The van der Waals surface area contributed by atoms with Crippen molar-refractivity contribution in [2.75, 3.05) is 0 Å². The van der Waals surface area contributed by atoms with E-state index in [0.29, 0.717) is 0 Å². The quantitative estimate of drug-likeness (QED) is 0.546. The van der Waals surface area contributed by atoms with Crippen LogP contribution in [-0.2, 0) is 24.8 Å². The van der Waals surface area contributed by atoms with Gasteiger partial charge < -0.3 is 0 Å². The zero-order valence-electron chi connectivity index (χ0n) is 9.76. The lowest BCUT2D eigenvalue weighted by molar-refractivity contribution is -0.174. The van der Waals surface area contributed by atoms with Crippen molar-refractivity contribution in [1.29, 1.82) is 0 Å². The van der Waals surface area contributed by atoms with Crippen LogP contribution in [0.3, 0.4) is 0 Å². The zero-order valence-corrected chi connectivity index (χ0v) is 9.76. The van der Waals surface area contributed by atoms with Crippen molar-refractivity contribution in [2.45, 2.75) is 24.8 Å². The maximum Gasteiger partial charge on any atom is 0.417 e. The molecule has 0 radical (unpaired) electrons. The van der Waals surface area contributed by atoms with Crippen molar-refractivity contribution < 1.29 is 39.5 Å². The number of halogens is 9. The molecule has 0 spiro atoms. The second kappa shape index (κ2) is 4.89. The third-order valence-electron chi connectivity index (χ3n) is 2.50. The fourth-order valence-corrected chi connectivity index (χ4v) is 1.66. The van der Waals surface area contributed by atoms with E-state index in [2.05, 4.69) is 0 Å². The Morgan fingerprint density at radius 3 is 1.25 bits per heavy atom. The second-order valence-electron chi connectivity index (χ2n) is 3.91. The lowest BCUT2D eigenvalue weighted by Crippen LogP contribution is -2.23. The van der Waals surface area contributed by atoms with Gasteiger partial charge in [-0.1, -0.05) is 11.9 Å². The van der Waals surface area contributed by atoms with Crippen LogP contribution in [0.5, 0.6) is 0 Å². The van der Waals surface area contributed by atoms with E-state index in [1.807, 2.05) is 0 Å². The monoisotopic (exact) mass is 308 g/mol. The van der Waals surface area contributed by atoms with Gasteiger partial charge in [-0.3, -0.25) is 0 Å². The Morgan fingerprint density at radius 1 is 0.700 bits per heavy atom. The molecule has 0 heterocycles.